The molecule has 1 aromatic rings. The summed E-state index contributed by atoms with van der Waals surface area (Å²) >= 11 is 0. The predicted molar refractivity (Wildman–Crippen MR) is 87.4 cm³/mol. The van der Waals surface area contributed by atoms with Gasteiger partial charge in [-0.1, -0.05) is 18.2 Å². The Bertz CT molecular complexity index is 505. The molecule has 1 aromatic carbocycles. The second kappa shape index (κ2) is 7.27. The van der Waals surface area contributed by atoms with Gasteiger partial charge in [-0.15, -0.1) is 0 Å². The molecule has 114 valence electrons. The van der Waals surface area contributed by atoms with E-state index in [-0.39, 0.29) is 18.1 Å². The molecule has 0 saturated heterocycles. The summed E-state index contributed by atoms with van der Waals surface area (Å²) in [6, 6.07) is 5.88. The highest BCUT2D eigenvalue weighted by atomic mass is 16.2. The third-order valence-electron chi connectivity index (χ3n) is 3.79. The molecule has 0 aliphatic heterocycles. The zero-order valence-electron chi connectivity index (χ0n) is 12.9. The van der Waals surface area contributed by atoms with E-state index in [4.69, 9.17) is 5.73 Å². The molecular formula is C17H25N3O. The van der Waals surface area contributed by atoms with Crippen LogP contribution in [0.2, 0.25) is 0 Å². The number of aryl methyl sites for hydroxylation is 2. The second-order valence-corrected chi connectivity index (χ2v) is 5.87. The Labute approximate surface area is 126 Å². The van der Waals surface area contributed by atoms with Crippen LogP contribution in [0.15, 0.2) is 30.4 Å². The molecule has 0 radical (unpaired) electrons. The third-order valence-corrected chi connectivity index (χ3v) is 3.79. The van der Waals surface area contributed by atoms with Crippen LogP contribution < -0.4 is 16.4 Å². The van der Waals surface area contributed by atoms with Gasteiger partial charge in [0, 0.05) is 17.8 Å². The quantitative estimate of drug-likeness (QED) is 0.731. The first-order valence-corrected chi connectivity index (χ1v) is 7.61. The number of carbonyl (C=O) groups is 1. The van der Waals surface area contributed by atoms with Crippen LogP contribution >= 0.6 is 0 Å². The fraction of sp³-hybridized carbons (Fsp3) is 0.471. The van der Waals surface area contributed by atoms with Crippen molar-refractivity contribution >= 4 is 11.7 Å². The van der Waals surface area contributed by atoms with Crippen molar-refractivity contribution in [2.45, 2.75) is 51.6 Å². The Morgan fingerprint density at radius 2 is 1.71 bits per heavy atom. The largest absolute Gasteiger partial charge is 0.334 e. The molecule has 0 spiro atoms. The lowest BCUT2D eigenvalue weighted by molar-refractivity contribution is 0.244. The van der Waals surface area contributed by atoms with Crippen molar-refractivity contribution in [3.05, 3.63) is 41.5 Å². The van der Waals surface area contributed by atoms with Gasteiger partial charge < -0.3 is 16.4 Å². The van der Waals surface area contributed by atoms with E-state index in [1.807, 2.05) is 26.0 Å². The minimum Gasteiger partial charge on any atom is -0.334 e. The monoisotopic (exact) mass is 287 g/mol. The van der Waals surface area contributed by atoms with Crippen LogP contribution in [0, 0.1) is 13.8 Å². The second-order valence-electron chi connectivity index (χ2n) is 5.87. The van der Waals surface area contributed by atoms with Gasteiger partial charge in [0.25, 0.3) is 0 Å². The SMILES string of the molecule is Cc1cc(C)cc(NC(=O)NC2CC/C=C/CCC2N)c1. The number of hydrogen-bond acceptors (Lipinski definition) is 2. The van der Waals surface area contributed by atoms with Gasteiger partial charge >= 0.3 is 6.03 Å². The van der Waals surface area contributed by atoms with E-state index < -0.39 is 0 Å². The van der Waals surface area contributed by atoms with Crippen LogP contribution in [0.25, 0.3) is 0 Å². The first-order chi connectivity index (χ1) is 10.0. The van der Waals surface area contributed by atoms with E-state index >= 15 is 0 Å². The zero-order chi connectivity index (χ0) is 15.2. The first kappa shape index (κ1) is 15.6. The van der Waals surface area contributed by atoms with Crippen molar-refractivity contribution in [2.24, 2.45) is 5.73 Å². The van der Waals surface area contributed by atoms with E-state index in [9.17, 15) is 4.79 Å². The average molecular weight is 287 g/mol. The molecule has 0 saturated carbocycles. The molecule has 1 aliphatic rings. The summed E-state index contributed by atoms with van der Waals surface area (Å²) < 4.78 is 0. The zero-order valence-corrected chi connectivity index (χ0v) is 12.9. The van der Waals surface area contributed by atoms with E-state index in [0.717, 1.165) is 42.5 Å². The first-order valence-electron chi connectivity index (χ1n) is 7.61. The van der Waals surface area contributed by atoms with Crippen LogP contribution in [0.1, 0.15) is 36.8 Å². The smallest absolute Gasteiger partial charge is 0.319 e. The van der Waals surface area contributed by atoms with Gasteiger partial charge in [-0.3, -0.25) is 0 Å². The van der Waals surface area contributed by atoms with Crippen molar-refractivity contribution in [2.75, 3.05) is 5.32 Å². The minimum atomic E-state index is -0.176. The van der Waals surface area contributed by atoms with Crippen LogP contribution in [0.5, 0.6) is 0 Å². The van der Waals surface area contributed by atoms with Crippen LogP contribution in [-0.2, 0) is 0 Å². The van der Waals surface area contributed by atoms with Gasteiger partial charge in [0.05, 0.1) is 0 Å². The number of carbonyl (C=O) groups excluding carboxylic acids is 1. The maximum atomic E-state index is 12.2. The van der Waals surface area contributed by atoms with E-state index in [0.29, 0.717) is 0 Å². The van der Waals surface area contributed by atoms with E-state index in [1.165, 1.54) is 0 Å². The topological polar surface area (TPSA) is 67.2 Å². The van der Waals surface area contributed by atoms with Gasteiger partial charge in [0.1, 0.15) is 0 Å². The lowest BCUT2D eigenvalue weighted by Crippen LogP contribution is -2.49. The van der Waals surface area contributed by atoms with E-state index in [1.54, 1.807) is 0 Å². The maximum absolute atomic E-state index is 12.2. The number of hydrogen-bond donors (Lipinski definition) is 3. The number of amides is 2. The number of rotatable bonds is 2. The van der Waals surface area contributed by atoms with Crippen LogP contribution in [0.3, 0.4) is 0 Å². The van der Waals surface area contributed by atoms with Crippen molar-refractivity contribution in [1.82, 2.24) is 5.32 Å². The normalized spacial score (nSPS) is 23.8. The highest BCUT2D eigenvalue weighted by Crippen LogP contribution is 2.15. The molecule has 2 atom stereocenters. The van der Waals surface area contributed by atoms with Crippen molar-refractivity contribution in [1.29, 1.82) is 0 Å². The lowest BCUT2D eigenvalue weighted by atomic mass is 9.96. The number of anilines is 1. The van der Waals surface area contributed by atoms with Crippen LogP contribution in [0.4, 0.5) is 10.5 Å². The lowest BCUT2D eigenvalue weighted by Gasteiger charge is -2.26. The van der Waals surface area contributed by atoms with Crippen molar-refractivity contribution in [3.63, 3.8) is 0 Å². The molecule has 2 rings (SSSR count). The molecule has 2 unspecified atom stereocenters. The predicted octanol–water partition coefficient (Wildman–Crippen LogP) is 3.25. The summed E-state index contributed by atoms with van der Waals surface area (Å²) in [5.41, 5.74) is 9.26. The summed E-state index contributed by atoms with van der Waals surface area (Å²) in [4.78, 5) is 12.2. The highest BCUT2D eigenvalue weighted by molar-refractivity contribution is 5.89. The Morgan fingerprint density at radius 1 is 1.10 bits per heavy atom. The molecule has 0 heterocycles. The summed E-state index contributed by atoms with van der Waals surface area (Å²) in [5, 5.41) is 5.92. The molecule has 2 amide bonds. The Hall–Kier alpha value is -1.81. The van der Waals surface area contributed by atoms with Crippen molar-refractivity contribution in [3.8, 4) is 0 Å². The fourth-order valence-electron chi connectivity index (χ4n) is 2.78. The maximum Gasteiger partial charge on any atom is 0.319 e. The summed E-state index contributed by atoms with van der Waals surface area (Å²) in [6.45, 7) is 4.04. The van der Waals surface area contributed by atoms with Gasteiger partial charge in [0.2, 0.25) is 0 Å². The number of benzene rings is 1. The summed E-state index contributed by atoms with van der Waals surface area (Å²) in [6.07, 6.45) is 8.08. The third kappa shape index (κ3) is 4.90. The number of nitrogens with one attached hydrogen (secondary N) is 2. The fourth-order valence-corrected chi connectivity index (χ4v) is 2.78. The van der Waals surface area contributed by atoms with Gasteiger partial charge in [-0.2, -0.15) is 0 Å². The molecule has 1 aliphatic carbocycles. The van der Waals surface area contributed by atoms with E-state index in [2.05, 4.69) is 28.9 Å². The average Bonchev–Trinajstić information content (AvgIpc) is 2.37. The Morgan fingerprint density at radius 3 is 2.38 bits per heavy atom. The molecule has 0 bridgehead atoms. The standard InChI is InChI=1S/C17H25N3O/c1-12-9-13(2)11-14(10-12)19-17(21)20-16-8-6-4-3-5-7-15(16)18/h3-4,9-11,15-16H,5-8,18H2,1-2H3,(H2,19,20,21)/b4-3+. The number of nitrogens with two attached hydrogens (primary N) is 1. The highest BCUT2D eigenvalue weighted by Gasteiger charge is 2.20. The molecule has 4 heteroatoms. The van der Waals surface area contributed by atoms with Gasteiger partial charge in [-0.05, 0) is 62.8 Å². The molecule has 0 fully saturated rings. The summed E-state index contributed by atoms with van der Waals surface area (Å²) in [7, 11) is 0. The molecule has 4 nitrogen and oxygen atoms in total. The Kier molecular flexibility index (Phi) is 5.39. The number of urea groups is 1. The summed E-state index contributed by atoms with van der Waals surface area (Å²) in [5.74, 6) is 0. The molecular weight excluding hydrogens is 262 g/mol. The minimum absolute atomic E-state index is 0.0138. The van der Waals surface area contributed by atoms with Crippen molar-refractivity contribution < 1.29 is 4.79 Å². The molecule has 21 heavy (non-hydrogen) atoms. The molecule has 0 aromatic heterocycles. The number of allylic oxidation sites excluding steroid dienone is 2. The van der Waals surface area contributed by atoms with Crippen LogP contribution in [-0.4, -0.2) is 18.1 Å². The van der Waals surface area contributed by atoms with Gasteiger partial charge in [0.15, 0.2) is 0 Å². The Balaban J connectivity index is 1.95. The molecule has 4 N–H and O–H groups in total. The van der Waals surface area contributed by atoms with Gasteiger partial charge in [-0.25, -0.2) is 4.79 Å².